The lowest BCUT2D eigenvalue weighted by molar-refractivity contribution is 0.165. The average molecular weight is 353 g/mol. The number of carbonyl (C=O) groups excluding carboxylic acids is 1. The zero-order valence-electron chi connectivity index (χ0n) is 15.1. The van der Waals surface area contributed by atoms with Crippen LogP contribution < -0.4 is 5.32 Å². The molecule has 1 N–H and O–H groups in total. The average Bonchev–Trinajstić information content (AvgIpc) is 3.12. The number of carbonyl (C=O) groups is 1. The van der Waals surface area contributed by atoms with Crippen molar-refractivity contribution in [2.24, 2.45) is 0 Å². The SMILES string of the molecule is CCC(NC(=O)N1CCC(C#N)(c2ccccc2)CC1)c1nc(C)no1. The van der Waals surface area contributed by atoms with Crippen LogP contribution >= 0.6 is 0 Å². The van der Waals surface area contributed by atoms with Gasteiger partial charge in [0.15, 0.2) is 5.82 Å². The molecule has 1 atom stereocenters. The largest absolute Gasteiger partial charge is 0.337 e. The third-order valence-corrected chi connectivity index (χ3v) is 4.99. The summed E-state index contributed by atoms with van der Waals surface area (Å²) < 4.78 is 5.18. The molecule has 1 aromatic carbocycles. The molecule has 1 aromatic heterocycles. The van der Waals surface area contributed by atoms with E-state index in [0.717, 1.165) is 5.56 Å². The van der Waals surface area contributed by atoms with Crippen molar-refractivity contribution in [1.29, 1.82) is 5.26 Å². The topological polar surface area (TPSA) is 95.1 Å². The number of piperidine rings is 1. The maximum absolute atomic E-state index is 12.6. The second kappa shape index (κ2) is 7.56. The molecule has 1 aliphatic heterocycles. The van der Waals surface area contributed by atoms with Gasteiger partial charge in [-0.3, -0.25) is 0 Å². The smallest absolute Gasteiger partial charge is 0.318 e. The highest BCUT2D eigenvalue weighted by molar-refractivity contribution is 5.74. The minimum absolute atomic E-state index is 0.160. The summed E-state index contributed by atoms with van der Waals surface area (Å²) in [4.78, 5) is 18.6. The van der Waals surface area contributed by atoms with Gasteiger partial charge in [0.2, 0.25) is 5.89 Å². The molecule has 7 heteroatoms. The van der Waals surface area contributed by atoms with E-state index in [1.54, 1.807) is 11.8 Å². The molecule has 136 valence electrons. The lowest BCUT2D eigenvalue weighted by atomic mass is 9.74. The number of aromatic nitrogens is 2. The summed E-state index contributed by atoms with van der Waals surface area (Å²) in [7, 11) is 0. The van der Waals surface area contributed by atoms with E-state index in [0.29, 0.717) is 44.1 Å². The van der Waals surface area contributed by atoms with Crippen molar-refractivity contribution in [3.8, 4) is 6.07 Å². The number of urea groups is 1. The molecule has 2 aromatic rings. The Morgan fingerprint density at radius 1 is 1.38 bits per heavy atom. The van der Waals surface area contributed by atoms with E-state index in [2.05, 4.69) is 21.5 Å². The second-order valence-corrected chi connectivity index (χ2v) is 6.64. The fraction of sp³-hybridized carbons (Fsp3) is 0.474. The van der Waals surface area contributed by atoms with Gasteiger partial charge in [0.25, 0.3) is 0 Å². The summed E-state index contributed by atoms with van der Waals surface area (Å²) >= 11 is 0. The fourth-order valence-electron chi connectivity index (χ4n) is 3.35. The highest BCUT2D eigenvalue weighted by Gasteiger charge is 2.38. The van der Waals surface area contributed by atoms with Crippen molar-refractivity contribution < 1.29 is 9.32 Å². The predicted molar refractivity (Wildman–Crippen MR) is 95.1 cm³/mol. The first-order valence-corrected chi connectivity index (χ1v) is 8.90. The van der Waals surface area contributed by atoms with E-state index in [9.17, 15) is 10.1 Å². The van der Waals surface area contributed by atoms with Gasteiger partial charge in [-0.05, 0) is 31.7 Å². The number of nitrogens with zero attached hydrogens (tertiary/aromatic N) is 4. The minimum atomic E-state index is -0.522. The van der Waals surface area contributed by atoms with Crippen LogP contribution in [0.15, 0.2) is 34.9 Å². The molecule has 26 heavy (non-hydrogen) atoms. The van der Waals surface area contributed by atoms with Crippen LogP contribution in [0, 0.1) is 18.3 Å². The molecule has 0 aliphatic carbocycles. The Hall–Kier alpha value is -2.88. The number of nitriles is 1. The molecular weight excluding hydrogens is 330 g/mol. The molecule has 2 amide bonds. The molecule has 1 fully saturated rings. The van der Waals surface area contributed by atoms with Crippen LogP contribution in [0.5, 0.6) is 0 Å². The van der Waals surface area contributed by atoms with E-state index >= 15 is 0 Å². The van der Waals surface area contributed by atoms with Gasteiger partial charge in [-0.2, -0.15) is 10.2 Å². The summed E-state index contributed by atoms with van der Waals surface area (Å²) in [6.45, 7) is 4.77. The van der Waals surface area contributed by atoms with Crippen LogP contribution in [-0.2, 0) is 5.41 Å². The zero-order valence-corrected chi connectivity index (χ0v) is 15.1. The summed E-state index contributed by atoms with van der Waals surface area (Å²) in [6.07, 6.45) is 1.90. The van der Waals surface area contributed by atoms with Crippen molar-refractivity contribution in [2.75, 3.05) is 13.1 Å². The molecule has 1 aliphatic rings. The van der Waals surface area contributed by atoms with Crippen LogP contribution in [-0.4, -0.2) is 34.2 Å². The predicted octanol–water partition coefficient (Wildman–Crippen LogP) is 3.10. The Kier molecular flexibility index (Phi) is 5.21. The van der Waals surface area contributed by atoms with E-state index in [4.69, 9.17) is 4.52 Å². The van der Waals surface area contributed by atoms with Gasteiger partial charge in [0.1, 0.15) is 6.04 Å². The van der Waals surface area contributed by atoms with Gasteiger partial charge in [-0.15, -0.1) is 0 Å². The molecule has 1 unspecified atom stereocenters. The lowest BCUT2D eigenvalue weighted by Gasteiger charge is -2.38. The molecular formula is C19H23N5O2. The lowest BCUT2D eigenvalue weighted by Crippen LogP contribution is -2.49. The molecule has 0 saturated carbocycles. The highest BCUT2D eigenvalue weighted by Crippen LogP contribution is 2.35. The Labute approximate surface area is 153 Å². The Balaban J connectivity index is 1.64. The molecule has 3 rings (SSSR count). The van der Waals surface area contributed by atoms with Crippen molar-refractivity contribution in [2.45, 2.75) is 44.6 Å². The summed E-state index contributed by atoms with van der Waals surface area (Å²) in [5.41, 5.74) is 0.501. The van der Waals surface area contributed by atoms with Crippen molar-refractivity contribution in [3.63, 3.8) is 0 Å². The van der Waals surface area contributed by atoms with Gasteiger partial charge in [-0.1, -0.05) is 42.4 Å². The number of hydrogen-bond acceptors (Lipinski definition) is 5. The van der Waals surface area contributed by atoms with Gasteiger partial charge < -0.3 is 14.7 Å². The van der Waals surface area contributed by atoms with E-state index in [1.165, 1.54) is 0 Å². The third kappa shape index (κ3) is 3.54. The normalized spacial score (nSPS) is 17.3. The van der Waals surface area contributed by atoms with Crippen molar-refractivity contribution in [1.82, 2.24) is 20.4 Å². The van der Waals surface area contributed by atoms with E-state index in [-0.39, 0.29) is 12.1 Å². The number of nitrogens with one attached hydrogen (secondary N) is 1. The monoisotopic (exact) mass is 353 g/mol. The van der Waals surface area contributed by atoms with E-state index in [1.807, 2.05) is 37.3 Å². The number of benzene rings is 1. The quantitative estimate of drug-likeness (QED) is 0.911. The number of likely N-dealkylation sites (tertiary alicyclic amines) is 1. The number of hydrogen-bond donors (Lipinski definition) is 1. The molecule has 0 bridgehead atoms. The van der Waals surface area contributed by atoms with Crippen LogP contribution in [0.4, 0.5) is 4.79 Å². The van der Waals surface area contributed by atoms with Gasteiger partial charge in [0.05, 0.1) is 11.5 Å². The molecule has 1 saturated heterocycles. The first-order chi connectivity index (χ1) is 12.6. The van der Waals surface area contributed by atoms with Crippen molar-refractivity contribution in [3.05, 3.63) is 47.6 Å². The third-order valence-electron chi connectivity index (χ3n) is 4.99. The summed E-state index contributed by atoms with van der Waals surface area (Å²) in [5, 5.41) is 16.5. The number of aryl methyl sites for hydroxylation is 1. The van der Waals surface area contributed by atoms with Gasteiger partial charge >= 0.3 is 6.03 Å². The maximum atomic E-state index is 12.6. The number of amides is 2. The van der Waals surface area contributed by atoms with E-state index < -0.39 is 5.41 Å². The molecule has 0 radical (unpaired) electrons. The molecule has 2 heterocycles. The zero-order chi connectivity index (χ0) is 18.6. The van der Waals surface area contributed by atoms with Crippen LogP contribution in [0.25, 0.3) is 0 Å². The first-order valence-electron chi connectivity index (χ1n) is 8.90. The highest BCUT2D eigenvalue weighted by atomic mass is 16.5. The van der Waals surface area contributed by atoms with Gasteiger partial charge in [-0.25, -0.2) is 4.79 Å². The van der Waals surface area contributed by atoms with Crippen molar-refractivity contribution >= 4 is 6.03 Å². The second-order valence-electron chi connectivity index (χ2n) is 6.64. The minimum Gasteiger partial charge on any atom is -0.337 e. The molecule has 7 nitrogen and oxygen atoms in total. The van der Waals surface area contributed by atoms with Crippen LogP contribution in [0.3, 0.4) is 0 Å². The van der Waals surface area contributed by atoms with Crippen LogP contribution in [0.2, 0.25) is 0 Å². The van der Waals surface area contributed by atoms with Gasteiger partial charge in [0, 0.05) is 13.1 Å². The number of rotatable bonds is 4. The fourth-order valence-corrected chi connectivity index (χ4v) is 3.35. The maximum Gasteiger partial charge on any atom is 0.318 e. The van der Waals surface area contributed by atoms with Crippen LogP contribution in [0.1, 0.15) is 49.5 Å². The Morgan fingerprint density at radius 3 is 2.62 bits per heavy atom. The summed E-state index contributed by atoms with van der Waals surface area (Å²) in [6, 6.07) is 11.8. The Morgan fingerprint density at radius 2 is 2.08 bits per heavy atom. The first kappa shape index (κ1) is 17.9. The molecule has 0 spiro atoms. The Bertz CT molecular complexity index is 788. The standard InChI is InChI=1S/C19H23N5O2/c1-3-16(17-21-14(2)23-26-17)22-18(25)24-11-9-19(13-20,10-12-24)15-7-5-4-6-8-15/h4-8,16H,3,9-12H2,1-2H3,(H,22,25). The summed E-state index contributed by atoms with van der Waals surface area (Å²) in [5.74, 6) is 0.971.